The summed E-state index contributed by atoms with van der Waals surface area (Å²) in [5.74, 6) is 1.05. The van der Waals surface area contributed by atoms with E-state index in [4.69, 9.17) is 9.97 Å². The van der Waals surface area contributed by atoms with Crippen LogP contribution in [0, 0.1) is 6.92 Å². The molecule has 2 heteroatoms. The molecule has 26 heavy (non-hydrogen) atoms. The Kier molecular flexibility index (Phi) is 14.5. The molecular formula is C24H43N2. The summed E-state index contributed by atoms with van der Waals surface area (Å²) in [6, 6.07) is 2.28. The third-order valence-electron chi connectivity index (χ3n) is 5.10. The smallest absolute Gasteiger partial charge is 0.128 e. The van der Waals surface area contributed by atoms with E-state index < -0.39 is 0 Å². The topological polar surface area (TPSA) is 25.8 Å². The van der Waals surface area contributed by atoms with Gasteiger partial charge in [0, 0.05) is 17.8 Å². The zero-order valence-corrected chi connectivity index (χ0v) is 17.7. The second kappa shape index (κ2) is 16.3. The van der Waals surface area contributed by atoms with Crippen LogP contribution in [0.3, 0.4) is 0 Å². The van der Waals surface area contributed by atoms with E-state index >= 15 is 0 Å². The third-order valence-corrected chi connectivity index (χ3v) is 5.10. The Balaban J connectivity index is 2.45. The van der Waals surface area contributed by atoms with Crippen molar-refractivity contribution in [2.24, 2.45) is 0 Å². The van der Waals surface area contributed by atoms with Gasteiger partial charge in [-0.3, -0.25) is 0 Å². The number of rotatable bonds is 17. The monoisotopic (exact) mass is 359 g/mol. The van der Waals surface area contributed by atoms with E-state index in [9.17, 15) is 0 Å². The predicted molar refractivity (Wildman–Crippen MR) is 114 cm³/mol. The van der Waals surface area contributed by atoms with Gasteiger partial charge < -0.3 is 0 Å². The molecule has 0 aliphatic carbocycles. The highest BCUT2D eigenvalue weighted by Crippen LogP contribution is 2.14. The van der Waals surface area contributed by atoms with Gasteiger partial charge in [0.05, 0.1) is 0 Å². The number of hydrogen-bond donors (Lipinski definition) is 0. The molecule has 0 aromatic carbocycles. The first-order valence-electron chi connectivity index (χ1n) is 11.4. The van der Waals surface area contributed by atoms with Crippen molar-refractivity contribution in [2.75, 3.05) is 0 Å². The van der Waals surface area contributed by atoms with Crippen LogP contribution < -0.4 is 0 Å². The van der Waals surface area contributed by atoms with Crippen LogP contribution in [0.2, 0.25) is 0 Å². The number of nitrogens with zero attached hydrogens (tertiary/aromatic N) is 2. The lowest BCUT2D eigenvalue weighted by molar-refractivity contribution is 0.596. The van der Waals surface area contributed by atoms with Gasteiger partial charge in [-0.15, -0.1) is 0 Å². The predicted octanol–water partition coefficient (Wildman–Crippen LogP) is 7.44. The minimum absolute atomic E-state index is 0.970. The van der Waals surface area contributed by atoms with Crippen molar-refractivity contribution in [3.8, 4) is 0 Å². The average molecular weight is 360 g/mol. The van der Waals surface area contributed by atoms with Gasteiger partial charge in [0.2, 0.25) is 0 Å². The molecule has 1 radical (unpaired) electrons. The summed E-state index contributed by atoms with van der Waals surface area (Å²) < 4.78 is 0. The lowest BCUT2D eigenvalue weighted by Gasteiger charge is -2.09. The Morgan fingerprint density at radius 3 is 1.54 bits per heavy atom. The van der Waals surface area contributed by atoms with Crippen molar-refractivity contribution < 1.29 is 0 Å². The molecule has 149 valence electrons. The zero-order valence-electron chi connectivity index (χ0n) is 17.7. The first-order chi connectivity index (χ1) is 12.8. The Labute approximate surface area is 163 Å². The van der Waals surface area contributed by atoms with Crippen LogP contribution in [-0.4, -0.2) is 9.97 Å². The molecule has 0 aliphatic rings. The fraction of sp³-hybridized carbons (Fsp3) is 0.792. The Morgan fingerprint density at radius 2 is 1.08 bits per heavy atom. The standard InChI is InChI=1S/C24H43N2/c1-4-7-10-12-14-16-18-22-21-23(19-17-15-13-11-8-5-2)26-24(25-22)20-9-6-3/h21H,3-20H2,1-2H3. The van der Waals surface area contributed by atoms with Gasteiger partial charge in [0.15, 0.2) is 0 Å². The summed E-state index contributed by atoms with van der Waals surface area (Å²) in [5.41, 5.74) is 2.55. The lowest BCUT2D eigenvalue weighted by Crippen LogP contribution is -2.04. The number of unbranched alkanes of at least 4 members (excludes halogenated alkanes) is 11. The Hall–Kier alpha value is -0.920. The molecule has 1 aromatic rings. The molecule has 0 fully saturated rings. The van der Waals surface area contributed by atoms with Gasteiger partial charge in [0.1, 0.15) is 5.82 Å². The van der Waals surface area contributed by atoms with Crippen molar-refractivity contribution in [1.29, 1.82) is 0 Å². The van der Waals surface area contributed by atoms with Crippen molar-refractivity contribution in [1.82, 2.24) is 9.97 Å². The maximum Gasteiger partial charge on any atom is 0.128 e. The molecule has 0 N–H and O–H groups in total. The van der Waals surface area contributed by atoms with Gasteiger partial charge >= 0.3 is 0 Å². The second-order valence-electron chi connectivity index (χ2n) is 7.76. The highest BCUT2D eigenvalue weighted by molar-refractivity contribution is 5.12. The van der Waals surface area contributed by atoms with Crippen LogP contribution in [-0.2, 0) is 19.3 Å². The Morgan fingerprint density at radius 1 is 0.615 bits per heavy atom. The van der Waals surface area contributed by atoms with Gasteiger partial charge in [-0.2, -0.15) is 0 Å². The van der Waals surface area contributed by atoms with E-state index in [0.29, 0.717) is 0 Å². The van der Waals surface area contributed by atoms with E-state index in [1.807, 2.05) is 0 Å². The molecule has 0 saturated carbocycles. The van der Waals surface area contributed by atoms with Gasteiger partial charge in [-0.1, -0.05) is 91.4 Å². The first kappa shape index (κ1) is 23.1. The molecule has 2 nitrogen and oxygen atoms in total. The average Bonchev–Trinajstić information content (AvgIpc) is 2.65. The summed E-state index contributed by atoms with van der Waals surface area (Å²) >= 11 is 0. The van der Waals surface area contributed by atoms with Gasteiger partial charge in [-0.25, -0.2) is 9.97 Å². The minimum Gasteiger partial charge on any atom is -0.238 e. The molecule has 0 unspecified atom stereocenters. The first-order valence-corrected chi connectivity index (χ1v) is 11.4. The van der Waals surface area contributed by atoms with Crippen LogP contribution in [0.25, 0.3) is 0 Å². The van der Waals surface area contributed by atoms with Gasteiger partial charge in [-0.05, 0) is 38.2 Å². The molecule has 0 amide bonds. The van der Waals surface area contributed by atoms with Crippen molar-refractivity contribution >= 4 is 0 Å². The molecule has 0 bridgehead atoms. The van der Waals surface area contributed by atoms with E-state index in [2.05, 4.69) is 26.8 Å². The van der Waals surface area contributed by atoms with Crippen LogP contribution in [0.5, 0.6) is 0 Å². The van der Waals surface area contributed by atoms with Crippen LogP contribution in [0.1, 0.15) is 121 Å². The molecule has 1 aromatic heterocycles. The molecule has 0 spiro atoms. The summed E-state index contributed by atoms with van der Waals surface area (Å²) in [7, 11) is 0. The lowest BCUT2D eigenvalue weighted by atomic mass is 10.1. The normalized spacial score (nSPS) is 11.2. The molecule has 1 rings (SSSR count). The second-order valence-corrected chi connectivity index (χ2v) is 7.76. The molecule has 0 saturated heterocycles. The highest BCUT2D eigenvalue weighted by atomic mass is 14.9. The number of aryl methyl sites for hydroxylation is 3. The van der Waals surface area contributed by atoms with Crippen LogP contribution >= 0.6 is 0 Å². The summed E-state index contributed by atoms with van der Waals surface area (Å²) in [4.78, 5) is 9.67. The molecular weight excluding hydrogens is 316 g/mol. The maximum absolute atomic E-state index is 4.83. The largest absolute Gasteiger partial charge is 0.238 e. The number of hydrogen-bond acceptors (Lipinski definition) is 2. The Bertz CT molecular complexity index is 408. The summed E-state index contributed by atoms with van der Waals surface area (Å²) in [5, 5.41) is 0. The summed E-state index contributed by atoms with van der Waals surface area (Å²) in [6.07, 6.45) is 21.4. The van der Waals surface area contributed by atoms with Crippen LogP contribution in [0.15, 0.2) is 6.07 Å². The summed E-state index contributed by atoms with van der Waals surface area (Å²) in [6.45, 7) is 8.52. The fourth-order valence-electron chi connectivity index (χ4n) is 3.44. The van der Waals surface area contributed by atoms with E-state index in [0.717, 1.165) is 37.9 Å². The maximum atomic E-state index is 4.83. The van der Waals surface area contributed by atoms with Crippen molar-refractivity contribution in [2.45, 2.75) is 123 Å². The SMILES string of the molecule is [CH2]CCCc1nc(CCCCCCCC)cc(CCCCCCCC)n1. The number of aromatic nitrogens is 2. The van der Waals surface area contributed by atoms with E-state index in [1.165, 1.54) is 88.4 Å². The van der Waals surface area contributed by atoms with E-state index in [-0.39, 0.29) is 0 Å². The molecule has 1 heterocycles. The minimum atomic E-state index is 0.970. The molecule has 0 atom stereocenters. The van der Waals surface area contributed by atoms with Crippen molar-refractivity contribution in [3.63, 3.8) is 0 Å². The van der Waals surface area contributed by atoms with E-state index in [1.54, 1.807) is 0 Å². The van der Waals surface area contributed by atoms with Gasteiger partial charge in [0.25, 0.3) is 0 Å². The third kappa shape index (κ3) is 11.6. The zero-order chi connectivity index (χ0) is 18.9. The quantitative estimate of drug-likeness (QED) is 0.270. The van der Waals surface area contributed by atoms with Crippen LogP contribution in [0.4, 0.5) is 0 Å². The van der Waals surface area contributed by atoms with Crippen molar-refractivity contribution in [3.05, 3.63) is 30.2 Å². The fourth-order valence-corrected chi connectivity index (χ4v) is 3.44. The molecule has 0 aliphatic heterocycles. The highest BCUT2D eigenvalue weighted by Gasteiger charge is 2.05.